The number of amides is 1. The number of esters is 1. The minimum atomic E-state index is -0.402. The molecule has 0 bridgehead atoms. The summed E-state index contributed by atoms with van der Waals surface area (Å²) in [7, 11) is 2.12. The lowest BCUT2D eigenvalue weighted by atomic mass is 9.99. The van der Waals surface area contributed by atoms with E-state index in [4.69, 9.17) is 4.74 Å². The third-order valence-corrected chi connectivity index (χ3v) is 6.49. The number of anilines is 1. The Morgan fingerprint density at radius 1 is 1.13 bits per heavy atom. The molecule has 3 rings (SSSR count). The number of nitrogens with zero attached hydrogens (tertiary/aromatic N) is 2. The van der Waals surface area contributed by atoms with Gasteiger partial charge in [-0.2, -0.15) is 0 Å². The molecule has 0 saturated carbocycles. The van der Waals surface area contributed by atoms with Crippen LogP contribution in [-0.2, 0) is 9.53 Å². The summed E-state index contributed by atoms with van der Waals surface area (Å²) in [4.78, 5) is 29.9. The number of carbonyl (C=O) groups is 2. The monoisotopic (exact) mass is 429 g/mol. The molecule has 1 aliphatic heterocycles. The van der Waals surface area contributed by atoms with Crippen molar-refractivity contribution in [1.29, 1.82) is 0 Å². The lowest BCUT2D eigenvalue weighted by molar-refractivity contribution is -0.116. The van der Waals surface area contributed by atoms with Crippen LogP contribution >= 0.6 is 11.3 Å². The molecule has 2 heterocycles. The lowest BCUT2D eigenvalue weighted by Crippen LogP contribution is -2.45. The maximum atomic E-state index is 12.7. The Morgan fingerprint density at radius 2 is 1.87 bits per heavy atom. The molecule has 0 atom stereocenters. The van der Waals surface area contributed by atoms with Gasteiger partial charge in [0.15, 0.2) is 0 Å². The molecular formula is C23H31N3O3S. The van der Waals surface area contributed by atoms with E-state index in [1.54, 1.807) is 6.92 Å². The van der Waals surface area contributed by atoms with Crippen LogP contribution in [0.2, 0.25) is 0 Å². The molecule has 2 aromatic rings. The molecule has 1 N–H and O–H groups in total. The normalized spacial score (nSPS) is 15.2. The average molecular weight is 430 g/mol. The van der Waals surface area contributed by atoms with E-state index >= 15 is 0 Å². The molecule has 1 aliphatic rings. The molecule has 1 saturated heterocycles. The maximum Gasteiger partial charge on any atom is 0.341 e. The second kappa shape index (κ2) is 10.2. The number of hydrogen-bond donors (Lipinski definition) is 1. The van der Waals surface area contributed by atoms with Crippen LogP contribution in [0.15, 0.2) is 23.6 Å². The molecule has 7 heteroatoms. The number of hydrogen-bond acceptors (Lipinski definition) is 6. The van der Waals surface area contributed by atoms with Crippen LogP contribution in [0.5, 0.6) is 0 Å². The van der Waals surface area contributed by atoms with E-state index in [2.05, 4.69) is 42.1 Å². The first-order valence-corrected chi connectivity index (χ1v) is 11.3. The van der Waals surface area contributed by atoms with Gasteiger partial charge in [0.2, 0.25) is 5.91 Å². The highest BCUT2D eigenvalue weighted by Gasteiger charge is 2.23. The SMILES string of the molecule is CCOC(=O)c1c(-c2ccc(C)c(C)c2)csc1NC(=O)CCN1CCN(C)CC1. The van der Waals surface area contributed by atoms with E-state index in [1.807, 2.05) is 17.5 Å². The molecule has 30 heavy (non-hydrogen) atoms. The third kappa shape index (κ3) is 5.47. The van der Waals surface area contributed by atoms with Crippen LogP contribution in [0.25, 0.3) is 11.1 Å². The summed E-state index contributed by atoms with van der Waals surface area (Å²) in [5, 5.41) is 5.44. The number of nitrogens with one attached hydrogen (secondary N) is 1. The van der Waals surface area contributed by atoms with Gasteiger partial charge >= 0.3 is 5.97 Å². The van der Waals surface area contributed by atoms with Gasteiger partial charge in [-0.15, -0.1) is 11.3 Å². The van der Waals surface area contributed by atoms with Crippen molar-refractivity contribution in [2.45, 2.75) is 27.2 Å². The zero-order valence-corrected chi connectivity index (χ0v) is 19.1. The van der Waals surface area contributed by atoms with Crippen molar-refractivity contribution in [3.05, 3.63) is 40.3 Å². The van der Waals surface area contributed by atoms with Gasteiger partial charge in [0, 0.05) is 50.1 Å². The second-order valence-corrected chi connectivity index (χ2v) is 8.70. The Balaban J connectivity index is 1.75. The van der Waals surface area contributed by atoms with Crippen LogP contribution in [0, 0.1) is 13.8 Å². The van der Waals surface area contributed by atoms with Crippen molar-refractivity contribution in [2.75, 3.05) is 51.7 Å². The Morgan fingerprint density at radius 3 is 2.53 bits per heavy atom. The largest absolute Gasteiger partial charge is 0.462 e. The fourth-order valence-electron chi connectivity index (χ4n) is 3.50. The summed E-state index contributed by atoms with van der Waals surface area (Å²) < 4.78 is 5.29. The molecule has 162 valence electrons. The van der Waals surface area contributed by atoms with Gasteiger partial charge in [-0.3, -0.25) is 4.79 Å². The third-order valence-electron chi connectivity index (χ3n) is 5.59. The van der Waals surface area contributed by atoms with E-state index in [-0.39, 0.29) is 12.5 Å². The van der Waals surface area contributed by atoms with Crippen molar-refractivity contribution < 1.29 is 14.3 Å². The predicted molar refractivity (Wildman–Crippen MR) is 122 cm³/mol. The average Bonchev–Trinajstić information content (AvgIpc) is 3.13. The molecule has 1 fully saturated rings. The topological polar surface area (TPSA) is 61.9 Å². The summed E-state index contributed by atoms with van der Waals surface area (Å²) in [5.74, 6) is -0.477. The molecular weight excluding hydrogens is 398 g/mol. The summed E-state index contributed by atoms with van der Waals surface area (Å²) >= 11 is 1.37. The number of carbonyl (C=O) groups excluding carboxylic acids is 2. The highest BCUT2D eigenvalue weighted by molar-refractivity contribution is 7.15. The fraction of sp³-hybridized carbons (Fsp3) is 0.478. The predicted octanol–water partition coefficient (Wildman–Crippen LogP) is 3.78. The number of benzene rings is 1. The number of ether oxygens (including phenoxy) is 1. The molecule has 1 aromatic carbocycles. The Hall–Kier alpha value is -2.22. The molecule has 0 radical (unpaired) electrons. The summed E-state index contributed by atoms with van der Waals surface area (Å²) in [6, 6.07) is 6.12. The Bertz CT molecular complexity index is 901. The van der Waals surface area contributed by atoms with Gasteiger partial charge < -0.3 is 19.9 Å². The summed E-state index contributed by atoms with van der Waals surface area (Å²) in [6.45, 7) is 10.9. The van der Waals surface area contributed by atoms with Crippen LogP contribution in [-0.4, -0.2) is 68.1 Å². The summed E-state index contributed by atoms with van der Waals surface area (Å²) in [5.41, 5.74) is 4.56. The van der Waals surface area contributed by atoms with Crippen LogP contribution in [0.1, 0.15) is 34.8 Å². The zero-order valence-electron chi connectivity index (χ0n) is 18.3. The first-order chi connectivity index (χ1) is 14.4. The summed E-state index contributed by atoms with van der Waals surface area (Å²) in [6.07, 6.45) is 0.406. The number of rotatable bonds is 7. The van der Waals surface area contributed by atoms with Gasteiger partial charge in [-0.05, 0) is 44.5 Å². The quantitative estimate of drug-likeness (QED) is 0.679. The van der Waals surface area contributed by atoms with Crippen molar-refractivity contribution in [3.63, 3.8) is 0 Å². The minimum absolute atomic E-state index is 0.0760. The van der Waals surface area contributed by atoms with Gasteiger partial charge in [-0.25, -0.2) is 4.79 Å². The van der Waals surface area contributed by atoms with Crippen molar-refractivity contribution in [2.24, 2.45) is 0 Å². The molecule has 0 aliphatic carbocycles. The highest BCUT2D eigenvalue weighted by atomic mass is 32.1. The Labute approximate surface area is 182 Å². The van der Waals surface area contributed by atoms with Gasteiger partial charge in [0.1, 0.15) is 10.6 Å². The van der Waals surface area contributed by atoms with E-state index in [0.717, 1.165) is 49.4 Å². The van der Waals surface area contributed by atoms with Crippen LogP contribution in [0.3, 0.4) is 0 Å². The van der Waals surface area contributed by atoms with Crippen LogP contribution in [0.4, 0.5) is 5.00 Å². The molecule has 1 aromatic heterocycles. The molecule has 6 nitrogen and oxygen atoms in total. The highest BCUT2D eigenvalue weighted by Crippen LogP contribution is 2.37. The number of likely N-dealkylation sites (N-methyl/N-ethyl adjacent to an activating group) is 1. The second-order valence-electron chi connectivity index (χ2n) is 7.82. The fourth-order valence-corrected chi connectivity index (χ4v) is 4.47. The lowest BCUT2D eigenvalue weighted by Gasteiger charge is -2.32. The van der Waals surface area contributed by atoms with Crippen molar-refractivity contribution in [1.82, 2.24) is 9.80 Å². The first kappa shape index (κ1) is 22.5. The zero-order chi connectivity index (χ0) is 21.7. The molecule has 0 spiro atoms. The number of thiophene rings is 1. The van der Waals surface area contributed by atoms with Gasteiger partial charge in [0.25, 0.3) is 0 Å². The standard InChI is InChI=1S/C23H31N3O3S/c1-5-29-23(28)21-19(18-7-6-16(2)17(3)14-18)15-30-22(21)24-20(27)8-9-26-12-10-25(4)11-13-26/h6-7,14-15H,5,8-13H2,1-4H3,(H,24,27). The smallest absolute Gasteiger partial charge is 0.341 e. The van der Waals surface area contributed by atoms with Crippen molar-refractivity contribution in [3.8, 4) is 11.1 Å². The van der Waals surface area contributed by atoms with E-state index in [1.165, 1.54) is 16.9 Å². The number of aryl methyl sites for hydroxylation is 2. The Kier molecular flexibility index (Phi) is 7.64. The molecule has 0 unspecified atom stereocenters. The number of piperazine rings is 1. The van der Waals surface area contributed by atoms with Gasteiger partial charge in [0.05, 0.1) is 6.61 Å². The van der Waals surface area contributed by atoms with Crippen molar-refractivity contribution >= 4 is 28.2 Å². The van der Waals surface area contributed by atoms with E-state index in [9.17, 15) is 9.59 Å². The van der Waals surface area contributed by atoms with Gasteiger partial charge in [-0.1, -0.05) is 18.2 Å². The molecule has 1 amide bonds. The first-order valence-electron chi connectivity index (χ1n) is 10.5. The van der Waals surface area contributed by atoms with E-state index in [0.29, 0.717) is 17.0 Å². The maximum absolute atomic E-state index is 12.7. The van der Waals surface area contributed by atoms with E-state index < -0.39 is 5.97 Å². The van der Waals surface area contributed by atoms with Crippen LogP contribution < -0.4 is 5.32 Å². The minimum Gasteiger partial charge on any atom is -0.462 e.